The summed E-state index contributed by atoms with van der Waals surface area (Å²) in [6, 6.07) is 0. The van der Waals surface area contributed by atoms with Gasteiger partial charge in [-0.2, -0.15) is 0 Å². The van der Waals surface area contributed by atoms with E-state index in [1.54, 1.807) is 0 Å². The summed E-state index contributed by atoms with van der Waals surface area (Å²) in [7, 11) is 0. The van der Waals surface area contributed by atoms with Crippen molar-refractivity contribution in [3.63, 3.8) is 0 Å². The number of nitrogens with zero attached hydrogens (tertiary/aromatic N) is 2. The molecule has 1 unspecified atom stereocenters. The summed E-state index contributed by atoms with van der Waals surface area (Å²) in [5, 5.41) is 12.5. The summed E-state index contributed by atoms with van der Waals surface area (Å²) in [5.41, 5.74) is 5.85. The summed E-state index contributed by atoms with van der Waals surface area (Å²) < 4.78 is 5.30. The van der Waals surface area contributed by atoms with Crippen molar-refractivity contribution in [2.24, 2.45) is 5.92 Å². The summed E-state index contributed by atoms with van der Waals surface area (Å²) in [6.07, 6.45) is 0.664. The Balaban J connectivity index is 1.96. The van der Waals surface area contributed by atoms with E-state index < -0.39 is 0 Å². The maximum absolute atomic E-state index is 12.1. The van der Waals surface area contributed by atoms with Gasteiger partial charge in [-0.1, -0.05) is 18.3 Å². The number of nitrogen functional groups attached to an aromatic ring is 1. The molecule has 0 radical (unpaired) electrons. The molecule has 1 aromatic heterocycles. The van der Waals surface area contributed by atoms with Crippen LogP contribution in [0.5, 0.6) is 0 Å². The van der Waals surface area contributed by atoms with Crippen molar-refractivity contribution in [1.29, 1.82) is 0 Å². The molecule has 1 aliphatic rings. The number of thiazole rings is 1. The van der Waals surface area contributed by atoms with Crippen LogP contribution in [0.1, 0.15) is 23.0 Å². The molecule has 0 saturated carbocycles. The molecule has 0 spiro atoms. The first-order valence-electron chi connectivity index (χ1n) is 7.10. The molecule has 1 amide bonds. The zero-order valence-electron chi connectivity index (χ0n) is 12.2. The van der Waals surface area contributed by atoms with Gasteiger partial charge in [0.25, 0.3) is 5.91 Å². The van der Waals surface area contributed by atoms with Crippen molar-refractivity contribution in [3.8, 4) is 0 Å². The molecule has 0 aromatic carbocycles. The van der Waals surface area contributed by atoms with Crippen molar-refractivity contribution < 1.29 is 14.6 Å². The molecular formula is C13H22N4O3S. The summed E-state index contributed by atoms with van der Waals surface area (Å²) in [4.78, 5) is 19.0. The van der Waals surface area contributed by atoms with Crippen LogP contribution in [-0.4, -0.2) is 55.5 Å². The highest BCUT2D eigenvalue weighted by Gasteiger charge is 2.21. The van der Waals surface area contributed by atoms with Crippen molar-refractivity contribution in [2.75, 3.05) is 50.1 Å². The number of hydrogen-bond acceptors (Lipinski definition) is 7. The number of aliphatic hydroxyl groups is 1. The van der Waals surface area contributed by atoms with E-state index in [1.165, 1.54) is 11.3 Å². The molecule has 0 bridgehead atoms. The first kappa shape index (κ1) is 16.0. The molecule has 21 heavy (non-hydrogen) atoms. The number of morpholine rings is 1. The normalized spacial score (nSPS) is 16.8. The number of aliphatic hydroxyl groups excluding tert-OH is 1. The van der Waals surface area contributed by atoms with Gasteiger partial charge in [-0.15, -0.1) is 0 Å². The zero-order chi connectivity index (χ0) is 15.2. The summed E-state index contributed by atoms with van der Waals surface area (Å²) >= 11 is 1.31. The van der Waals surface area contributed by atoms with Crippen LogP contribution < -0.4 is 16.0 Å². The summed E-state index contributed by atoms with van der Waals surface area (Å²) in [5.74, 6) is 0.301. The lowest BCUT2D eigenvalue weighted by molar-refractivity contribution is 0.0950. The zero-order valence-corrected chi connectivity index (χ0v) is 13.0. The van der Waals surface area contributed by atoms with Gasteiger partial charge in [-0.3, -0.25) is 4.79 Å². The fraction of sp³-hybridized carbons (Fsp3) is 0.692. The van der Waals surface area contributed by atoms with Crippen molar-refractivity contribution >= 4 is 28.2 Å². The average Bonchev–Trinajstić information content (AvgIpc) is 2.88. The molecule has 1 atom stereocenters. The lowest BCUT2D eigenvalue weighted by Gasteiger charge is -2.25. The highest BCUT2D eigenvalue weighted by Crippen LogP contribution is 2.28. The number of rotatable bonds is 6. The predicted molar refractivity (Wildman–Crippen MR) is 82.8 cm³/mol. The Morgan fingerprint density at radius 1 is 1.57 bits per heavy atom. The first-order valence-corrected chi connectivity index (χ1v) is 7.91. The molecular weight excluding hydrogens is 292 g/mol. The molecule has 2 rings (SSSR count). The van der Waals surface area contributed by atoms with Gasteiger partial charge in [-0.05, 0) is 12.3 Å². The van der Waals surface area contributed by atoms with E-state index in [1.807, 2.05) is 6.92 Å². The lowest BCUT2D eigenvalue weighted by atomic mass is 10.1. The molecule has 8 heteroatoms. The Kier molecular flexibility index (Phi) is 5.77. The molecule has 1 aliphatic heterocycles. The van der Waals surface area contributed by atoms with E-state index in [9.17, 15) is 4.79 Å². The van der Waals surface area contributed by atoms with Crippen LogP contribution in [0.3, 0.4) is 0 Å². The smallest absolute Gasteiger partial charge is 0.265 e. The summed E-state index contributed by atoms with van der Waals surface area (Å²) in [6.45, 7) is 5.48. The van der Waals surface area contributed by atoms with Gasteiger partial charge in [0.2, 0.25) is 0 Å². The third-order valence-corrected chi connectivity index (χ3v) is 4.49. The van der Waals surface area contributed by atoms with Gasteiger partial charge in [0.1, 0.15) is 10.7 Å². The minimum atomic E-state index is -0.200. The van der Waals surface area contributed by atoms with Gasteiger partial charge < -0.3 is 25.8 Å². The van der Waals surface area contributed by atoms with Crippen LogP contribution in [0.25, 0.3) is 0 Å². The van der Waals surface area contributed by atoms with Gasteiger partial charge in [-0.25, -0.2) is 4.98 Å². The van der Waals surface area contributed by atoms with Gasteiger partial charge in [0, 0.05) is 26.2 Å². The third kappa shape index (κ3) is 4.29. The van der Waals surface area contributed by atoms with E-state index in [-0.39, 0.29) is 24.2 Å². The van der Waals surface area contributed by atoms with Crippen LogP contribution in [0.2, 0.25) is 0 Å². The minimum Gasteiger partial charge on any atom is -0.396 e. The third-order valence-electron chi connectivity index (χ3n) is 3.36. The fourth-order valence-corrected chi connectivity index (χ4v) is 3.00. The van der Waals surface area contributed by atoms with Crippen LogP contribution in [-0.2, 0) is 4.74 Å². The number of hydrogen-bond donors (Lipinski definition) is 3. The minimum absolute atomic E-state index is 0.126. The molecule has 118 valence electrons. The quantitative estimate of drug-likeness (QED) is 0.699. The molecule has 1 aromatic rings. The topological polar surface area (TPSA) is 101 Å². The Morgan fingerprint density at radius 2 is 2.29 bits per heavy atom. The van der Waals surface area contributed by atoms with Crippen molar-refractivity contribution in [2.45, 2.75) is 13.3 Å². The van der Waals surface area contributed by atoms with E-state index >= 15 is 0 Å². The number of amides is 1. The van der Waals surface area contributed by atoms with Crippen LogP contribution in [0, 0.1) is 5.92 Å². The number of carbonyl (C=O) groups excluding carboxylic acids is 1. The molecule has 2 heterocycles. The van der Waals surface area contributed by atoms with Crippen molar-refractivity contribution in [3.05, 3.63) is 4.88 Å². The number of nitrogens with two attached hydrogens (primary N) is 1. The number of aromatic nitrogens is 1. The van der Waals surface area contributed by atoms with Gasteiger partial charge >= 0.3 is 0 Å². The van der Waals surface area contributed by atoms with E-state index in [4.69, 9.17) is 15.6 Å². The number of ether oxygens (including phenoxy) is 1. The Morgan fingerprint density at radius 3 is 2.95 bits per heavy atom. The SMILES string of the molecule is CC(CCO)CNC(=O)c1sc(N2CCOCC2)nc1N. The highest BCUT2D eigenvalue weighted by molar-refractivity contribution is 7.18. The van der Waals surface area contributed by atoms with E-state index in [2.05, 4.69) is 15.2 Å². The lowest BCUT2D eigenvalue weighted by Crippen LogP contribution is -2.36. The highest BCUT2D eigenvalue weighted by atomic mass is 32.1. The fourth-order valence-electron chi connectivity index (χ4n) is 2.04. The maximum Gasteiger partial charge on any atom is 0.265 e. The van der Waals surface area contributed by atoms with E-state index in [0.29, 0.717) is 31.1 Å². The predicted octanol–water partition coefficient (Wildman–Crippen LogP) is 0.310. The second kappa shape index (κ2) is 7.58. The molecule has 7 nitrogen and oxygen atoms in total. The Hall–Kier alpha value is -1.38. The van der Waals surface area contributed by atoms with Crippen LogP contribution in [0.4, 0.5) is 10.9 Å². The molecule has 0 aliphatic carbocycles. The maximum atomic E-state index is 12.1. The first-order chi connectivity index (χ1) is 10.1. The number of anilines is 2. The van der Waals surface area contributed by atoms with E-state index in [0.717, 1.165) is 18.2 Å². The second-order valence-corrected chi connectivity index (χ2v) is 6.12. The number of carbonyl (C=O) groups is 1. The van der Waals surface area contributed by atoms with Gasteiger partial charge in [0.15, 0.2) is 5.13 Å². The molecule has 1 fully saturated rings. The largest absolute Gasteiger partial charge is 0.396 e. The average molecular weight is 314 g/mol. The Bertz CT molecular complexity index is 474. The second-order valence-electron chi connectivity index (χ2n) is 5.14. The monoisotopic (exact) mass is 314 g/mol. The van der Waals surface area contributed by atoms with Crippen LogP contribution >= 0.6 is 11.3 Å². The molecule has 4 N–H and O–H groups in total. The Labute approximate surface area is 128 Å². The molecule has 1 saturated heterocycles. The van der Waals surface area contributed by atoms with Crippen molar-refractivity contribution in [1.82, 2.24) is 10.3 Å². The van der Waals surface area contributed by atoms with Gasteiger partial charge in [0.05, 0.1) is 13.2 Å². The standard InChI is InChI=1S/C13H22N4O3S/c1-9(2-5-18)8-15-12(19)10-11(14)16-13(21-10)17-3-6-20-7-4-17/h9,18H,2-8,14H2,1H3,(H,15,19). The number of nitrogens with one attached hydrogen (secondary N) is 1. The van der Waals surface area contributed by atoms with Crippen LogP contribution in [0.15, 0.2) is 0 Å².